The number of hydrogen-bond donors (Lipinski definition) is 0. The second-order valence-electron chi connectivity index (χ2n) is 2.99. The minimum atomic E-state index is -0.290. The predicted molar refractivity (Wildman–Crippen MR) is 43.6 cm³/mol. The van der Waals surface area contributed by atoms with E-state index in [0.29, 0.717) is 12.8 Å². The Morgan fingerprint density at radius 1 is 1.67 bits per heavy atom. The fourth-order valence-corrected chi connectivity index (χ4v) is 1.27. The second-order valence-corrected chi connectivity index (χ2v) is 2.99. The third kappa shape index (κ3) is 2.19. The van der Waals surface area contributed by atoms with Gasteiger partial charge in [-0.05, 0) is 25.0 Å². The van der Waals surface area contributed by atoms with Gasteiger partial charge in [0.1, 0.15) is 6.10 Å². The van der Waals surface area contributed by atoms with Crippen molar-refractivity contribution in [2.45, 2.75) is 32.8 Å². The fourth-order valence-electron chi connectivity index (χ4n) is 1.27. The van der Waals surface area contributed by atoms with Gasteiger partial charge in [-0.25, -0.2) is 0 Å². The van der Waals surface area contributed by atoms with Gasteiger partial charge < -0.3 is 4.74 Å². The first-order valence-electron chi connectivity index (χ1n) is 3.98. The van der Waals surface area contributed by atoms with Gasteiger partial charge in [-0.2, -0.15) is 0 Å². The lowest BCUT2D eigenvalue weighted by molar-refractivity contribution is -0.145. The molecule has 0 N–H and O–H groups in total. The molecule has 0 aromatic rings. The van der Waals surface area contributed by atoms with E-state index in [-0.39, 0.29) is 17.9 Å². The molecule has 3 heteroatoms. The minimum Gasteiger partial charge on any atom is -0.458 e. The Labute approximate surface area is 71.4 Å². The second kappa shape index (κ2) is 3.52. The Balaban J connectivity index is 2.62. The number of allylic oxidation sites excluding steroid dienone is 1. The van der Waals surface area contributed by atoms with Crippen molar-refractivity contribution in [2.24, 2.45) is 0 Å². The zero-order chi connectivity index (χ0) is 9.14. The van der Waals surface area contributed by atoms with E-state index in [1.807, 2.05) is 6.92 Å². The van der Waals surface area contributed by atoms with Gasteiger partial charge in [0.15, 0.2) is 5.78 Å². The summed E-state index contributed by atoms with van der Waals surface area (Å²) in [7, 11) is 0. The van der Waals surface area contributed by atoms with Crippen LogP contribution in [0.25, 0.3) is 0 Å². The summed E-state index contributed by atoms with van der Waals surface area (Å²) in [5.74, 6) is -0.169. The fraction of sp³-hybridized carbons (Fsp3) is 0.556. The molecular formula is C9H12O3. The van der Waals surface area contributed by atoms with Crippen LogP contribution < -0.4 is 0 Å². The van der Waals surface area contributed by atoms with E-state index in [1.54, 1.807) is 6.08 Å². The number of rotatable bonds is 1. The molecule has 0 amide bonds. The lowest BCUT2D eigenvalue weighted by Crippen LogP contribution is -2.22. The highest BCUT2D eigenvalue weighted by atomic mass is 16.5. The third-order valence-electron chi connectivity index (χ3n) is 1.86. The summed E-state index contributed by atoms with van der Waals surface area (Å²) < 4.78 is 4.99. The molecule has 0 aromatic carbocycles. The predicted octanol–water partition coefficient (Wildman–Crippen LogP) is 1.23. The average molecular weight is 168 g/mol. The lowest BCUT2D eigenvalue weighted by Gasteiger charge is -2.20. The summed E-state index contributed by atoms with van der Waals surface area (Å²) >= 11 is 0. The van der Waals surface area contributed by atoms with Crippen LogP contribution in [0.4, 0.5) is 0 Å². The van der Waals surface area contributed by atoms with E-state index in [2.05, 4.69) is 0 Å². The van der Waals surface area contributed by atoms with E-state index in [0.717, 1.165) is 5.57 Å². The normalized spacial score (nSPS) is 23.3. The smallest absolute Gasteiger partial charge is 0.303 e. The summed E-state index contributed by atoms with van der Waals surface area (Å²) in [6, 6.07) is 0. The zero-order valence-corrected chi connectivity index (χ0v) is 7.29. The summed E-state index contributed by atoms with van der Waals surface area (Å²) in [5, 5.41) is 0. The topological polar surface area (TPSA) is 43.4 Å². The van der Waals surface area contributed by atoms with Gasteiger partial charge in [-0.15, -0.1) is 0 Å². The highest BCUT2D eigenvalue weighted by Crippen LogP contribution is 2.18. The van der Waals surface area contributed by atoms with Gasteiger partial charge >= 0.3 is 5.97 Å². The standard InChI is InChI=1S/C9H12O3/c1-6-5-8(11)3-4-9(6)12-7(2)10/h5,9H,3-4H2,1-2H3. The van der Waals surface area contributed by atoms with Crippen LogP contribution in [-0.4, -0.2) is 17.9 Å². The van der Waals surface area contributed by atoms with Crippen LogP contribution in [-0.2, 0) is 14.3 Å². The van der Waals surface area contributed by atoms with Crippen LogP contribution >= 0.6 is 0 Å². The number of hydrogen-bond acceptors (Lipinski definition) is 3. The van der Waals surface area contributed by atoms with Gasteiger partial charge in [-0.3, -0.25) is 9.59 Å². The molecule has 66 valence electrons. The van der Waals surface area contributed by atoms with Crippen molar-refractivity contribution < 1.29 is 14.3 Å². The summed E-state index contributed by atoms with van der Waals surface area (Å²) in [6.45, 7) is 3.19. The number of ether oxygens (including phenoxy) is 1. The van der Waals surface area contributed by atoms with E-state index in [9.17, 15) is 9.59 Å². The maximum atomic E-state index is 10.9. The molecule has 0 heterocycles. The molecule has 0 fully saturated rings. The first kappa shape index (κ1) is 8.97. The van der Waals surface area contributed by atoms with Gasteiger partial charge in [0.2, 0.25) is 0 Å². The maximum Gasteiger partial charge on any atom is 0.303 e. The maximum absolute atomic E-state index is 10.9. The molecule has 0 bridgehead atoms. The Kier molecular flexibility index (Phi) is 2.63. The number of ketones is 1. The number of carbonyl (C=O) groups is 2. The molecule has 0 aliphatic heterocycles. The monoisotopic (exact) mass is 168 g/mol. The molecule has 0 saturated heterocycles. The van der Waals surface area contributed by atoms with Crippen molar-refractivity contribution in [2.75, 3.05) is 0 Å². The Hall–Kier alpha value is -1.12. The summed E-state index contributed by atoms with van der Waals surface area (Å²) in [4.78, 5) is 21.5. The van der Waals surface area contributed by atoms with E-state index in [4.69, 9.17) is 4.74 Å². The quantitative estimate of drug-likeness (QED) is 0.553. The molecular weight excluding hydrogens is 156 g/mol. The molecule has 1 unspecified atom stereocenters. The highest BCUT2D eigenvalue weighted by Gasteiger charge is 2.20. The van der Waals surface area contributed by atoms with Crippen molar-refractivity contribution in [1.29, 1.82) is 0 Å². The lowest BCUT2D eigenvalue weighted by atomic mass is 9.97. The van der Waals surface area contributed by atoms with Crippen molar-refractivity contribution in [1.82, 2.24) is 0 Å². The molecule has 12 heavy (non-hydrogen) atoms. The SMILES string of the molecule is CC(=O)OC1CCC(=O)C=C1C. The molecule has 0 aromatic heterocycles. The van der Waals surface area contributed by atoms with E-state index < -0.39 is 0 Å². The van der Waals surface area contributed by atoms with Crippen LogP contribution in [0, 0.1) is 0 Å². The van der Waals surface area contributed by atoms with Crippen molar-refractivity contribution in [3.8, 4) is 0 Å². The van der Waals surface area contributed by atoms with Crippen LogP contribution in [0.1, 0.15) is 26.7 Å². The molecule has 1 aliphatic rings. The summed E-state index contributed by atoms with van der Waals surface area (Å²) in [6.07, 6.45) is 2.48. The van der Waals surface area contributed by atoms with E-state index >= 15 is 0 Å². The first-order valence-corrected chi connectivity index (χ1v) is 3.98. The largest absolute Gasteiger partial charge is 0.458 e. The molecule has 1 atom stereocenters. The van der Waals surface area contributed by atoms with Crippen LogP contribution in [0.3, 0.4) is 0 Å². The highest BCUT2D eigenvalue weighted by molar-refractivity contribution is 5.91. The Morgan fingerprint density at radius 2 is 2.33 bits per heavy atom. The van der Waals surface area contributed by atoms with Gasteiger partial charge in [0, 0.05) is 13.3 Å². The van der Waals surface area contributed by atoms with Crippen LogP contribution in [0.2, 0.25) is 0 Å². The zero-order valence-electron chi connectivity index (χ0n) is 7.29. The Bertz CT molecular complexity index is 240. The Morgan fingerprint density at radius 3 is 2.83 bits per heavy atom. The minimum absolute atomic E-state index is 0.121. The summed E-state index contributed by atoms with van der Waals surface area (Å²) in [5.41, 5.74) is 0.849. The van der Waals surface area contributed by atoms with Crippen LogP contribution in [0.15, 0.2) is 11.6 Å². The van der Waals surface area contributed by atoms with Gasteiger partial charge in [-0.1, -0.05) is 0 Å². The molecule has 0 spiro atoms. The molecule has 3 nitrogen and oxygen atoms in total. The molecule has 0 saturated carbocycles. The average Bonchev–Trinajstić information content (AvgIpc) is 1.94. The number of esters is 1. The van der Waals surface area contributed by atoms with Gasteiger partial charge in [0.05, 0.1) is 0 Å². The molecule has 1 aliphatic carbocycles. The van der Waals surface area contributed by atoms with Crippen LogP contribution in [0.5, 0.6) is 0 Å². The van der Waals surface area contributed by atoms with E-state index in [1.165, 1.54) is 6.92 Å². The van der Waals surface area contributed by atoms with Gasteiger partial charge in [0.25, 0.3) is 0 Å². The van der Waals surface area contributed by atoms with Crippen molar-refractivity contribution >= 4 is 11.8 Å². The third-order valence-corrected chi connectivity index (χ3v) is 1.86. The molecule has 1 rings (SSSR count). The first-order chi connectivity index (χ1) is 5.59. The van der Waals surface area contributed by atoms with Crippen molar-refractivity contribution in [3.63, 3.8) is 0 Å². The molecule has 0 radical (unpaired) electrons. The van der Waals surface area contributed by atoms with Crippen molar-refractivity contribution in [3.05, 3.63) is 11.6 Å². The number of carbonyl (C=O) groups excluding carboxylic acids is 2.